The fraction of sp³-hybridized carbons (Fsp3) is 0.348. The first kappa shape index (κ1) is 22.3. The van der Waals surface area contributed by atoms with Crippen LogP contribution in [0.5, 0.6) is 0 Å². The SMILES string of the molecule is O=C(CN1CCOCC1)Nc1ccc(NC(=O)[C@@H]2CSCN2C(=O)c2ccccc2)cc1. The predicted molar refractivity (Wildman–Crippen MR) is 125 cm³/mol. The molecule has 2 aliphatic heterocycles. The molecule has 2 heterocycles. The van der Waals surface area contributed by atoms with Crippen LogP contribution in [0.4, 0.5) is 11.4 Å². The summed E-state index contributed by atoms with van der Waals surface area (Å²) in [4.78, 5) is 41.5. The lowest BCUT2D eigenvalue weighted by Gasteiger charge is -2.25. The molecule has 32 heavy (non-hydrogen) atoms. The van der Waals surface area contributed by atoms with E-state index in [1.165, 1.54) is 0 Å². The molecule has 2 saturated heterocycles. The zero-order valence-electron chi connectivity index (χ0n) is 17.7. The highest BCUT2D eigenvalue weighted by molar-refractivity contribution is 7.99. The van der Waals surface area contributed by atoms with Gasteiger partial charge in [0.05, 0.1) is 25.6 Å². The Morgan fingerprint density at radius 3 is 2.28 bits per heavy atom. The normalized spacial score (nSPS) is 18.9. The molecule has 2 fully saturated rings. The van der Waals surface area contributed by atoms with E-state index in [1.54, 1.807) is 53.1 Å². The summed E-state index contributed by atoms with van der Waals surface area (Å²) in [5.41, 5.74) is 1.86. The maximum absolute atomic E-state index is 12.8. The van der Waals surface area contributed by atoms with Gasteiger partial charge in [0.15, 0.2) is 0 Å². The lowest BCUT2D eigenvalue weighted by molar-refractivity contribution is -0.119. The second-order valence-electron chi connectivity index (χ2n) is 7.66. The molecule has 3 amide bonds. The minimum Gasteiger partial charge on any atom is -0.379 e. The molecular weight excluding hydrogens is 428 g/mol. The number of benzene rings is 2. The Hall–Kier alpha value is -2.88. The average molecular weight is 455 g/mol. The van der Waals surface area contributed by atoms with Crippen molar-refractivity contribution in [2.24, 2.45) is 0 Å². The number of hydrogen-bond acceptors (Lipinski definition) is 6. The number of nitrogens with one attached hydrogen (secondary N) is 2. The zero-order valence-corrected chi connectivity index (χ0v) is 18.5. The lowest BCUT2D eigenvalue weighted by atomic mass is 10.1. The third-order valence-corrected chi connectivity index (χ3v) is 6.39. The van der Waals surface area contributed by atoms with E-state index >= 15 is 0 Å². The van der Waals surface area contributed by atoms with Crippen molar-refractivity contribution in [3.8, 4) is 0 Å². The number of hydrogen-bond donors (Lipinski definition) is 2. The van der Waals surface area contributed by atoms with E-state index < -0.39 is 6.04 Å². The highest BCUT2D eigenvalue weighted by Gasteiger charge is 2.35. The molecule has 0 saturated carbocycles. The molecule has 2 aliphatic rings. The second kappa shape index (κ2) is 10.6. The van der Waals surface area contributed by atoms with Crippen molar-refractivity contribution in [1.82, 2.24) is 9.80 Å². The van der Waals surface area contributed by atoms with Crippen LogP contribution in [0.2, 0.25) is 0 Å². The van der Waals surface area contributed by atoms with Crippen molar-refractivity contribution in [3.05, 3.63) is 60.2 Å². The van der Waals surface area contributed by atoms with Crippen molar-refractivity contribution >= 4 is 40.9 Å². The summed E-state index contributed by atoms with van der Waals surface area (Å²) < 4.78 is 5.29. The highest BCUT2D eigenvalue weighted by atomic mass is 32.2. The van der Waals surface area contributed by atoms with E-state index in [1.807, 2.05) is 18.2 Å². The van der Waals surface area contributed by atoms with E-state index in [0.717, 1.165) is 13.1 Å². The quantitative estimate of drug-likeness (QED) is 0.695. The molecule has 0 radical (unpaired) electrons. The van der Waals surface area contributed by atoms with Gasteiger partial charge in [-0.2, -0.15) is 0 Å². The van der Waals surface area contributed by atoms with Gasteiger partial charge in [-0.1, -0.05) is 18.2 Å². The van der Waals surface area contributed by atoms with Crippen LogP contribution in [0.15, 0.2) is 54.6 Å². The minimum absolute atomic E-state index is 0.0817. The molecule has 2 aromatic carbocycles. The summed E-state index contributed by atoms with van der Waals surface area (Å²) in [6.07, 6.45) is 0. The van der Waals surface area contributed by atoms with Gasteiger partial charge < -0.3 is 20.3 Å². The number of ether oxygens (including phenoxy) is 1. The number of nitrogens with zero attached hydrogens (tertiary/aromatic N) is 2. The largest absolute Gasteiger partial charge is 0.379 e. The zero-order chi connectivity index (χ0) is 22.3. The van der Waals surface area contributed by atoms with Crippen LogP contribution >= 0.6 is 11.8 Å². The third-order valence-electron chi connectivity index (χ3n) is 5.37. The molecule has 168 valence electrons. The lowest BCUT2D eigenvalue weighted by Crippen LogP contribution is -2.44. The van der Waals surface area contributed by atoms with Gasteiger partial charge >= 0.3 is 0 Å². The molecule has 9 heteroatoms. The topological polar surface area (TPSA) is 91.0 Å². The van der Waals surface area contributed by atoms with Crippen LogP contribution in [0, 0.1) is 0 Å². The fourth-order valence-corrected chi connectivity index (χ4v) is 4.79. The molecule has 8 nitrogen and oxygen atoms in total. The molecule has 0 bridgehead atoms. The molecule has 2 N–H and O–H groups in total. The van der Waals surface area contributed by atoms with E-state index in [2.05, 4.69) is 15.5 Å². The molecule has 2 aromatic rings. The number of carbonyl (C=O) groups is 3. The van der Waals surface area contributed by atoms with Gasteiger partial charge in [0.1, 0.15) is 6.04 Å². The molecule has 0 spiro atoms. The fourth-order valence-electron chi connectivity index (χ4n) is 3.63. The van der Waals surface area contributed by atoms with Crippen LogP contribution in [0.3, 0.4) is 0 Å². The molecule has 0 aromatic heterocycles. The van der Waals surface area contributed by atoms with Crippen molar-refractivity contribution < 1.29 is 19.1 Å². The molecule has 1 atom stereocenters. The first-order chi connectivity index (χ1) is 15.6. The van der Waals surface area contributed by atoms with Crippen LogP contribution in [0.1, 0.15) is 10.4 Å². The van der Waals surface area contributed by atoms with Crippen molar-refractivity contribution in [1.29, 1.82) is 0 Å². The summed E-state index contributed by atoms with van der Waals surface area (Å²) in [7, 11) is 0. The Kier molecular flexibility index (Phi) is 7.41. The van der Waals surface area contributed by atoms with Gasteiger partial charge in [-0.25, -0.2) is 0 Å². The maximum Gasteiger partial charge on any atom is 0.255 e. The number of amides is 3. The van der Waals surface area contributed by atoms with E-state index in [9.17, 15) is 14.4 Å². The molecular formula is C23H26N4O4S. The summed E-state index contributed by atoms with van der Waals surface area (Å²) in [5.74, 6) is 0.596. The summed E-state index contributed by atoms with van der Waals surface area (Å²) >= 11 is 1.56. The predicted octanol–water partition coefficient (Wildman–Crippen LogP) is 2.11. The van der Waals surface area contributed by atoms with Gasteiger partial charge in [-0.15, -0.1) is 11.8 Å². The van der Waals surface area contributed by atoms with E-state index in [-0.39, 0.29) is 17.7 Å². The number of carbonyl (C=O) groups excluding carboxylic acids is 3. The Balaban J connectivity index is 1.31. The minimum atomic E-state index is -0.527. The van der Waals surface area contributed by atoms with Crippen LogP contribution in [-0.4, -0.2) is 78.0 Å². The molecule has 0 unspecified atom stereocenters. The van der Waals surface area contributed by atoms with Gasteiger partial charge in [-0.3, -0.25) is 19.3 Å². The first-order valence-electron chi connectivity index (χ1n) is 10.5. The number of thioether (sulfide) groups is 1. The molecule has 0 aliphatic carbocycles. The van der Waals surface area contributed by atoms with Gasteiger partial charge in [0.25, 0.3) is 5.91 Å². The van der Waals surface area contributed by atoms with Gasteiger partial charge in [0.2, 0.25) is 11.8 Å². The first-order valence-corrected chi connectivity index (χ1v) is 11.7. The monoisotopic (exact) mass is 454 g/mol. The van der Waals surface area contributed by atoms with Crippen molar-refractivity contribution in [2.45, 2.75) is 6.04 Å². The third kappa shape index (κ3) is 5.67. The Morgan fingerprint density at radius 2 is 1.59 bits per heavy atom. The van der Waals surface area contributed by atoms with E-state index in [0.29, 0.717) is 48.3 Å². The number of rotatable bonds is 6. The van der Waals surface area contributed by atoms with Gasteiger partial charge in [-0.05, 0) is 36.4 Å². The maximum atomic E-state index is 12.8. The number of anilines is 2. The summed E-state index contributed by atoms with van der Waals surface area (Å²) in [6, 6.07) is 15.5. The highest BCUT2D eigenvalue weighted by Crippen LogP contribution is 2.24. The summed E-state index contributed by atoms with van der Waals surface area (Å²) in [5, 5.41) is 5.76. The standard InChI is InChI=1S/C23H26N4O4S/c28-21(14-26-10-12-31-13-11-26)24-18-6-8-19(9-7-18)25-22(29)20-15-32-16-27(20)23(30)17-4-2-1-3-5-17/h1-9,20H,10-16H2,(H,24,28)(H,25,29)/t20-/m0/s1. The van der Waals surface area contributed by atoms with Crippen LogP contribution in [0.25, 0.3) is 0 Å². The Morgan fingerprint density at radius 1 is 0.938 bits per heavy atom. The number of morpholine rings is 1. The smallest absolute Gasteiger partial charge is 0.255 e. The van der Waals surface area contributed by atoms with Crippen LogP contribution in [-0.2, 0) is 14.3 Å². The Labute approximate surface area is 191 Å². The van der Waals surface area contributed by atoms with Crippen LogP contribution < -0.4 is 10.6 Å². The van der Waals surface area contributed by atoms with Gasteiger partial charge in [0, 0.05) is 35.8 Å². The Bertz CT molecular complexity index is 948. The molecule has 4 rings (SSSR count). The van der Waals surface area contributed by atoms with Crippen molar-refractivity contribution in [3.63, 3.8) is 0 Å². The van der Waals surface area contributed by atoms with Crippen molar-refractivity contribution in [2.75, 3.05) is 55.1 Å². The second-order valence-corrected chi connectivity index (χ2v) is 8.66. The van der Waals surface area contributed by atoms with E-state index in [4.69, 9.17) is 4.74 Å². The summed E-state index contributed by atoms with van der Waals surface area (Å²) in [6.45, 7) is 3.13. The average Bonchev–Trinajstić information content (AvgIpc) is 3.31.